The van der Waals surface area contributed by atoms with E-state index in [2.05, 4.69) is 10.4 Å². The first-order valence-electron chi connectivity index (χ1n) is 6.68. The lowest BCUT2D eigenvalue weighted by Gasteiger charge is -2.23. The Hall–Kier alpha value is -1.51. The summed E-state index contributed by atoms with van der Waals surface area (Å²) in [6.07, 6.45) is -1.80. The maximum absolute atomic E-state index is 14.1. The number of halogens is 1. The SMILES string of the molecule is O=S(=O)(CCO)C1=NC2[C@@H](F)C[C@@H](c3ccccc3)N2N1. The molecular weight excluding hydrogens is 297 g/mol. The van der Waals surface area contributed by atoms with Crippen LogP contribution >= 0.6 is 0 Å². The number of hydrogen-bond donors (Lipinski definition) is 2. The van der Waals surface area contributed by atoms with Gasteiger partial charge in [-0.05, 0) is 5.56 Å². The van der Waals surface area contributed by atoms with E-state index in [1.54, 1.807) is 5.01 Å². The Kier molecular flexibility index (Phi) is 3.68. The van der Waals surface area contributed by atoms with Gasteiger partial charge in [-0.25, -0.2) is 17.8 Å². The summed E-state index contributed by atoms with van der Waals surface area (Å²) in [5.41, 5.74) is 3.61. The molecule has 2 N–H and O–H groups in total. The first-order valence-corrected chi connectivity index (χ1v) is 8.33. The van der Waals surface area contributed by atoms with Gasteiger partial charge >= 0.3 is 0 Å². The molecular formula is C13H16FN3O3S. The summed E-state index contributed by atoms with van der Waals surface area (Å²) in [6, 6.07) is 9.07. The molecule has 2 aliphatic heterocycles. The Labute approximate surface area is 122 Å². The van der Waals surface area contributed by atoms with Gasteiger partial charge in [-0.2, -0.15) is 5.01 Å². The van der Waals surface area contributed by atoms with Crippen molar-refractivity contribution < 1.29 is 17.9 Å². The highest BCUT2D eigenvalue weighted by Gasteiger charge is 2.48. The Morgan fingerprint density at radius 2 is 2.10 bits per heavy atom. The molecule has 0 amide bonds. The van der Waals surface area contributed by atoms with Gasteiger partial charge in [0.1, 0.15) is 6.17 Å². The van der Waals surface area contributed by atoms with Crippen LogP contribution in [0.15, 0.2) is 35.3 Å². The summed E-state index contributed by atoms with van der Waals surface area (Å²) in [5, 5.41) is 10.1. The van der Waals surface area contributed by atoms with Crippen molar-refractivity contribution in [3.63, 3.8) is 0 Å². The van der Waals surface area contributed by atoms with Gasteiger partial charge in [0.05, 0.1) is 18.4 Å². The van der Waals surface area contributed by atoms with E-state index in [1.165, 1.54) is 0 Å². The number of hydrogen-bond acceptors (Lipinski definition) is 6. The molecule has 6 nitrogen and oxygen atoms in total. The van der Waals surface area contributed by atoms with Crippen molar-refractivity contribution in [1.29, 1.82) is 0 Å². The number of nitrogens with zero attached hydrogens (tertiary/aromatic N) is 2. The second-order valence-corrected chi connectivity index (χ2v) is 7.11. The first-order chi connectivity index (χ1) is 10.0. The molecule has 0 spiro atoms. The normalized spacial score (nSPS) is 29.0. The zero-order valence-corrected chi connectivity index (χ0v) is 12.0. The predicted octanol–water partition coefficient (Wildman–Crippen LogP) is 0.379. The van der Waals surface area contributed by atoms with Crippen LogP contribution in [0, 0.1) is 0 Å². The lowest BCUT2D eigenvalue weighted by molar-refractivity contribution is 0.160. The van der Waals surface area contributed by atoms with E-state index >= 15 is 0 Å². The van der Waals surface area contributed by atoms with E-state index in [-0.39, 0.29) is 17.6 Å². The molecule has 0 bridgehead atoms. The third-order valence-electron chi connectivity index (χ3n) is 3.71. The number of aliphatic hydroxyl groups is 1. The van der Waals surface area contributed by atoms with Gasteiger partial charge in [0.25, 0.3) is 0 Å². The van der Waals surface area contributed by atoms with Crippen LogP contribution in [0.5, 0.6) is 0 Å². The summed E-state index contributed by atoms with van der Waals surface area (Å²) in [6.45, 7) is -0.491. The summed E-state index contributed by atoms with van der Waals surface area (Å²) >= 11 is 0. The van der Waals surface area contributed by atoms with Crippen LogP contribution in [-0.2, 0) is 9.84 Å². The van der Waals surface area contributed by atoms with Crippen molar-refractivity contribution in [2.24, 2.45) is 4.99 Å². The van der Waals surface area contributed by atoms with Crippen LogP contribution in [-0.4, -0.2) is 48.4 Å². The van der Waals surface area contributed by atoms with Gasteiger partial charge in [-0.1, -0.05) is 30.3 Å². The number of benzene rings is 1. The van der Waals surface area contributed by atoms with Crippen molar-refractivity contribution in [3.05, 3.63) is 35.9 Å². The highest BCUT2D eigenvalue weighted by atomic mass is 32.2. The average Bonchev–Trinajstić information content (AvgIpc) is 3.01. The molecule has 0 aliphatic carbocycles. The number of aliphatic imine (C=N–C) groups is 1. The lowest BCUT2D eigenvalue weighted by Crippen LogP contribution is -2.42. The van der Waals surface area contributed by atoms with E-state index in [1.807, 2.05) is 30.3 Å². The molecule has 0 radical (unpaired) electrons. The van der Waals surface area contributed by atoms with E-state index in [0.29, 0.717) is 0 Å². The maximum atomic E-state index is 14.1. The van der Waals surface area contributed by atoms with Crippen LogP contribution in [0.2, 0.25) is 0 Å². The smallest absolute Gasteiger partial charge is 0.232 e. The molecule has 1 unspecified atom stereocenters. The molecule has 1 saturated heterocycles. The number of sulfone groups is 1. The van der Waals surface area contributed by atoms with Crippen molar-refractivity contribution >= 4 is 15.0 Å². The van der Waals surface area contributed by atoms with Crippen LogP contribution in [0.1, 0.15) is 18.0 Å². The Morgan fingerprint density at radius 3 is 2.76 bits per heavy atom. The maximum Gasteiger partial charge on any atom is 0.232 e. The molecule has 3 rings (SSSR count). The minimum absolute atomic E-state index is 0.259. The first kappa shape index (κ1) is 14.4. The van der Waals surface area contributed by atoms with Crippen molar-refractivity contribution in [2.45, 2.75) is 24.8 Å². The topological polar surface area (TPSA) is 82.0 Å². The van der Waals surface area contributed by atoms with Gasteiger partial charge in [-0.15, -0.1) is 0 Å². The number of aliphatic hydroxyl groups excluding tert-OH is 1. The zero-order chi connectivity index (χ0) is 15.0. The molecule has 21 heavy (non-hydrogen) atoms. The third-order valence-corrected chi connectivity index (χ3v) is 5.21. The van der Waals surface area contributed by atoms with Gasteiger partial charge in [0.2, 0.25) is 15.0 Å². The second kappa shape index (κ2) is 5.36. The molecule has 1 aromatic carbocycles. The van der Waals surface area contributed by atoms with E-state index < -0.39 is 34.5 Å². The number of rotatable bonds is 3. The molecule has 2 aliphatic rings. The Bertz CT molecular complexity index is 650. The molecule has 114 valence electrons. The highest BCUT2D eigenvalue weighted by molar-refractivity contribution is 8.06. The number of nitrogens with one attached hydrogen (secondary N) is 1. The molecule has 2 heterocycles. The van der Waals surface area contributed by atoms with E-state index in [4.69, 9.17) is 5.11 Å². The molecule has 0 aromatic heterocycles. The van der Waals surface area contributed by atoms with Crippen LogP contribution in [0.25, 0.3) is 0 Å². The van der Waals surface area contributed by atoms with Gasteiger partial charge in [0, 0.05) is 6.42 Å². The summed E-state index contributed by atoms with van der Waals surface area (Å²) in [4.78, 5) is 3.95. The molecule has 3 atom stereocenters. The number of hydrazine groups is 1. The Morgan fingerprint density at radius 1 is 1.38 bits per heavy atom. The number of fused-ring (bicyclic) bond motifs is 1. The number of amidine groups is 1. The van der Waals surface area contributed by atoms with Gasteiger partial charge in [-0.3, -0.25) is 5.43 Å². The fraction of sp³-hybridized carbons (Fsp3) is 0.462. The largest absolute Gasteiger partial charge is 0.395 e. The minimum Gasteiger partial charge on any atom is -0.395 e. The average molecular weight is 313 g/mol. The number of alkyl halides is 1. The van der Waals surface area contributed by atoms with Crippen LogP contribution < -0.4 is 5.43 Å². The fourth-order valence-electron chi connectivity index (χ4n) is 2.69. The minimum atomic E-state index is -3.70. The van der Waals surface area contributed by atoms with Crippen molar-refractivity contribution in [2.75, 3.05) is 12.4 Å². The summed E-state index contributed by atoms with van der Waals surface area (Å²) in [5.74, 6) is -0.424. The second-order valence-electron chi connectivity index (χ2n) is 5.09. The van der Waals surface area contributed by atoms with Gasteiger partial charge in [0.15, 0.2) is 6.17 Å². The highest BCUT2D eigenvalue weighted by Crippen LogP contribution is 2.39. The third kappa shape index (κ3) is 2.54. The lowest BCUT2D eigenvalue weighted by atomic mass is 10.1. The Balaban J connectivity index is 1.86. The molecule has 8 heteroatoms. The predicted molar refractivity (Wildman–Crippen MR) is 75.8 cm³/mol. The molecule has 1 aromatic rings. The zero-order valence-electron chi connectivity index (χ0n) is 11.2. The summed E-state index contributed by atoms with van der Waals surface area (Å²) < 4.78 is 38.0. The molecule has 0 saturated carbocycles. The van der Waals surface area contributed by atoms with E-state index in [0.717, 1.165) is 5.56 Å². The quantitative estimate of drug-likeness (QED) is 0.843. The van der Waals surface area contributed by atoms with Crippen molar-refractivity contribution in [1.82, 2.24) is 10.4 Å². The van der Waals surface area contributed by atoms with Crippen LogP contribution in [0.4, 0.5) is 4.39 Å². The summed E-state index contributed by atoms with van der Waals surface area (Å²) in [7, 11) is -3.70. The van der Waals surface area contributed by atoms with Crippen LogP contribution in [0.3, 0.4) is 0 Å². The molecule has 1 fully saturated rings. The monoisotopic (exact) mass is 313 g/mol. The standard InChI is InChI=1S/C13H16FN3O3S/c14-10-8-11(9-4-2-1-3-5-9)17-12(10)15-13(16-17)21(19,20)7-6-18/h1-5,10-12,18H,6-8H2,(H,15,16)/t10-,11-,12?/m0/s1. The van der Waals surface area contributed by atoms with E-state index in [9.17, 15) is 12.8 Å². The van der Waals surface area contributed by atoms with Crippen molar-refractivity contribution in [3.8, 4) is 0 Å². The fourth-order valence-corrected chi connectivity index (χ4v) is 3.64. The van der Waals surface area contributed by atoms with Gasteiger partial charge < -0.3 is 5.11 Å².